The molecule has 0 saturated carbocycles. The molecule has 0 bridgehead atoms. The van der Waals surface area contributed by atoms with Gasteiger partial charge in [0.2, 0.25) is 0 Å². The van der Waals surface area contributed by atoms with E-state index in [-0.39, 0.29) is 24.5 Å². The molecule has 0 aliphatic carbocycles. The molecule has 0 spiro atoms. The number of aliphatic carboxylic acids is 1. The average Bonchev–Trinajstić information content (AvgIpc) is 1.99. The van der Waals surface area contributed by atoms with E-state index in [2.05, 4.69) is 5.32 Å². The van der Waals surface area contributed by atoms with Crippen LogP contribution in [-0.2, 0) is 9.36 Å². The minimum atomic E-state index is -4.04. The topological polar surface area (TPSA) is 107 Å². The zero-order valence-corrected chi connectivity index (χ0v) is 9.35. The molecule has 0 aromatic carbocycles. The Morgan fingerprint density at radius 1 is 1.47 bits per heavy atom. The zero-order valence-electron chi connectivity index (χ0n) is 8.46. The molecule has 1 aliphatic rings. The first-order valence-corrected chi connectivity index (χ1v) is 6.61. The third-order valence-corrected chi connectivity index (χ3v) is 3.53. The Kier molecular flexibility index (Phi) is 3.89. The number of hydrogen-bond acceptors (Lipinski definition) is 3. The number of nitrogens with one attached hydrogen (secondary N) is 1. The highest BCUT2D eigenvalue weighted by atomic mass is 31.2. The molecule has 15 heavy (non-hydrogen) atoms. The van der Waals surface area contributed by atoms with E-state index in [1.165, 1.54) is 0 Å². The minimum Gasteiger partial charge on any atom is -0.480 e. The lowest BCUT2D eigenvalue weighted by Gasteiger charge is -2.32. The Morgan fingerprint density at radius 3 is 2.53 bits per heavy atom. The molecular formula is C8H16NO5P. The molecular weight excluding hydrogens is 221 g/mol. The van der Waals surface area contributed by atoms with Gasteiger partial charge in [-0.15, -0.1) is 0 Å². The van der Waals surface area contributed by atoms with E-state index in [1.807, 2.05) is 6.92 Å². The molecule has 1 aliphatic heterocycles. The van der Waals surface area contributed by atoms with Crippen LogP contribution in [0.1, 0.15) is 19.8 Å². The van der Waals surface area contributed by atoms with Gasteiger partial charge in [0.05, 0.1) is 6.16 Å². The van der Waals surface area contributed by atoms with E-state index >= 15 is 0 Å². The van der Waals surface area contributed by atoms with Gasteiger partial charge < -0.3 is 20.2 Å². The summed E-state index contributed by atoms with van der Waals surface area (Å²) >= 11 is 0. The quantitative estimate of drug-likeness (QED) is 0.515. The predicted octanol–water partition coefficient (Wildman–Crippen LogP) is 0.00540. The molecule has 4 N–H and O–H groups in total. The number of carbonyl (C=O) groups is 1. The van der Waals surface area contributed by atoms with Gasteiger partial charge in [-0.1, -0.05) is 0 Å². The van der Waals surface area contributed by atoms with Gasteiger partial charge in [0, 0.05) is 6.04 Å². The van der Waals surface area contributed by atoms with Gasteiger partial charge in [-0.2, -0.15) is 0 Å². The van der Waals surface area contributed by atoms with Gasteiger partial charge in [0.1, 0.15) is 6.04 Å². The number of carboxylic acids is 1. The number of carboxylic acid groups (broad SMARTS) is 1. The van der Waals surface area contributed by atoms with Crippen LogP contribution in [0, 0.1) is 5.92 Å². The molecule has 1 unspecified atom stereocenters. The van der Waals surface area contributed by atoms with Crippen LogP contribution in [0.2, 0.25) is 0 Å². The second-order valence-corrected chi connectivity index (χ2v) is 5.84. The second kappa shape index (κ2) is 4.61. The summed E-state index contributed by atoms with van der Waals surface area (Å²) < 4.78 is 10.8. The number of hydrogen-bond donors (Lipinski definition) is 4. The van der Waals surface area contributed by atoms with Gasteiger partial charge in [-0.05, 0) is 25.7 Å². The van der Waals surface area contributed by atoms with Crippen molar-refractivity contribution >= 4 is 13.6 Å². The van der Waals surface area contributed by atoms with Gasteiger partial charge in [0.25, 0.3) is 0 Å². The first kappa shape index (κ1) is 12.6. The largest absolute Gasteiger partial charge is 0.480 e. The lowest BCUT2D eigenvalue weighted by molar-refractivity contribution is -0.140. The van der Waals surface area contributed by atoms with Crippen molar-refractivity contribution in [2.45, 2.75) is 31.8 Å². The van der Waals surface area contributed by atoms with Crippen LogP contribution < -0.4 is 5.32 Å². The second-order valence-electron chi connectivity index (χ2n) is 4.14. The summed E-state index contributed by atoms with van der Waals surface area (Å²) in [7, 11) is -4.04. The van der Waals surface area contributed by atoms with Crippen molar-refractivity contribution < 1.29 is 24.3 Å². The standard InChI is InChI=1S/C8H16NO5P/c1-5-2-6(4-15(12,13)14)3-7(9-5)8(10)11/h5-7,9H,2-4H2,1H3,(H,10,11)(H2,12,13,14)/t5?,6-,7+/m1/s1. The fourth-order valence-electron chi connectivity index (χ4n) is 2.07. The van der Waals surface area contributed by atoms with E-state index in [1.54, 1.807) is 0 Å². The third kappa shape index (κ3) is 4.30. The average molecular weight is 237 g/mol. The molecule has 3 atom stereocenters. The lowest BCUT2D eigenvalue weighted by Crippen LogP contribution is -2.48. The summed E-state index contributed by atoms with van der Waals surface area (Å²) in [6, 6.07) is -0.707. The van der Waals surface area contributed by atoms with Crippen molar-refractivity contribution in [1.29, 1.82) is 0 Å². The van der Waals surface area contributed by atoms with Crippen LogP contribution in [0.4, 0.5) is 0 Å². The van der Waals surface area contributed by atoms with E-state index < -0.39 is 19.6 Å². The summed E-state index contributed by atoms with van der Waals surface area (Å²) in [5, 5.41) is 11.7. The Hall–Kier alpha value is -0.420. The molecule has 1 heterocycles. The highest BCUT2D eigenvalue weighted by Gasteiger charge is 2.33. The van der Waals surface area contributed by atoms with Crippen molar-refractivity contribution in [3.63, 3.8) is 0 Å². The monoisotopic (exact) mass is 237 g/mol. The highest BCUT2D eigenvalue weighted by molar-refractivity contribution is 7.51. The maximum atomic E-state index is 10.8. The van der Waals surface area contributed by atoms with E-state index in [4.69, 9.17) is 14.9 Å². The minimum absolute atomic E-state index is 0.0172. The van der Waals surface area contributed by atoms with Crippen LogP contribution in [0.15, 0.2) is 0 Å². The zero-order chi connectivity index (χ0) is 11.6. The summed E-state index contributed by atoms with van der Waals surface area (Å²) in [5.74, 6) is -1.18. The molecule has 1 rings (SSSR count). The fraction of sp³-hybridized carbons (Fsp3) is 0.875. The van der Waals surface area contributed by atoms with E-state index in [0.29, 0.717) is 6.42 Å². The van der Waals surface area contributed by atoms with Gasteiger partial charge >= 0.3 is 13.6 Å². The van der Waals surface area contributed by atoms with Gasteiger partial charge in [-0.3, -0.25) is 9.36 Å². The Bertz CT molecular complexity index is 289. The first-order chi connectivity index (χ1) is 6.78. The van der Waals surface area contributed by atoms with Crippen LogP contribution in [-0.4, -0.2) is 39.1 Å². The van der Waals surface area contributed by atoms with Crippen LogP contribution in [0.5, 0.6) is 0 Å². The Labute approximate surface area is 87.8 Å². The summed E-state index contributed by atoms with van der Waals surface area (Å²) in [5.41, 5.74) is 0. The molecule has 7 heteroatoms. The van der Waals surface area contributed by atoms with Crippen LogP contribution >= 0.6 is 7.60 Å². The fourth-order valence-corrected chi connectivity index (χ4v) is 3.04. The number of rotatable bonds is 3. The highest BCUT2D eigenvalue weighted by Crippen LogP contribution is 2.40. The summed E-state index contributed by atoms with van der Waals surface area (Å²) in [4.78, 5) is 28.4. The van der Waals surface area contributed by atoms with Crippen molar-refractivity contribution in [2.24, 2.45) is 5.92 Å². The van der Waals surface area contributed by atoms with E-state index in [0.717, 1.165) is 0 Å². The SMILES string of the molecule is CC1C[C@@H](CP(=O)(O)O)C[C@@H](C(=O)O)N1. The first-order valence-electron chi connectivity index (χ1n) is 4.81. The van der Waals surface area contributed by atoms with Crippen molar-refractivity contribution in [1.82, 2.24) is 5.32 Å². The molecule has 0 aromatic heterocycles. The van der Waals surface area contributed by atoms with Crippen molar-refractivity contribution in [3.8, 4) is 0 Å². The molecule has 0 radical (unpaired) electrons. The summed E-state index contributed by atoms with van der Waals surface area (Å²) in [6.07, 6.45) is 0.669. The molecule has 0 amide bonds. The summed E-state index contributed by atoms with van der Waals surface area (Å²) in [6.45, 7) is 1.82. The van der Waals surface area contributed by atoms with Crippen LogP contribution in [0.25, 0.3) is 0 Å². The van der Waals surface area contributed by atoms with Crippen molar-refractivity contribution in [2.75, 3.05) is 6.16 Å². The molecule has 1 saturated heterocycles. The molecule has 6 nitrogen and oxygen atoms in total. The maximum Gasteiger partial charge on any atom is 0.325 e. The molecule has 88 valence electrons. The maximum absolute atomic E-state index is 10.8. The lowest BCUT2D eigenvalue weighted by atomic mass is 9.90. The van der Waals surface area contributed by atoms with Gasteiger partial charge in [0.15, 0.2) is 0 Å². The molecule has 0 aromatic rings. The van der Waals surface area contributed by atoms with Crippen molar-refractivity contribution in [3.05, 3.63) is 0 Å². The number of piperidine rings is 1. The third-order valence-electron chi connectivity index (χ3n) is 2.54. The molecule has 1 fully saturated rings. The Morgan fingerprint density at radius 2 is 2.07 bits per heavy atom. The predicted molar refractivity (Wildman–Crippen MR) is 53.7 cm³/mol. The smallest absolute Gasteiger partial charge is 0.325 e. The Balaban J connectivity index is 2.59. The van der Waals surface area contributed by atoms with Gasteiger partial charge in [-0.25, -0.2) is 0 Å². The normalized spacial score (nSPS) is 32.6. The van der Waals surface area contributed by atoms with E-state index in [9.17, 15) is 9.36 Å². The van der Waals surface area contributed by atoms with Crippen LogP contribution in [0.3, 0.4) is 0 Å².